The number of carbonyl (C=O) groups excluding carboxylic acids is 6. The summed E-state index contributed by atoms with van der Waals surface area (Å²) in [6, 6.07) is 13.2. The summed E-state index contributed by atoms with van der Waals surface area (Å²) in [4.78, 5) is 88.9. The normalized spacial score (nSPS) is 26.5. The Morgan fingerprint density at radius 3 is 2.48 bits per heavy atom. The first-order valence-electron chi connectivity index (χ1n) is 25.5. The van der Waals surface area contributed by atoms with Crippen LogP contribution in [0.2, 0.25) is 5.02 Å². The number of anilines is 2. The monoisotopic (exact) mass is 1050 g/mol. The van der Waals surface area contributed by atoms with Crippen LogP contribution in [0.25, 0.3) is 0 Å². The quantitative estimate of drug-likeness (QED) is 0.101. The van der Waals surface area contributed by atoms with Crippen LogP contribution in [0.3, 0.4) is 0 Å². The molecule has 4 fully saturated rings. The molecule has 75 heavy (non-hydrogen) atoms. The molecule has 0 unspecified atom stereocenters. The minimum absolute atomic E-state index is 0.0176. The molecule has 7 aliphatic rings. The molecule has 11 rings (SSSR count). The number of hydrogen-bond donors (Lipinski definition) is 3. The molecule has 14 nitrogen and oxygen atoms in total. The standard InChI is InChI=1S/C56H54ClF4N7O7/c1-30-27-67(52(74)47-45(35-10-5-11-38(57)46(35)58)55(54(65-47)20-18-53(2,3)19-21-54)29-63-39-25-43(56(59,60)61)62-26-37(39)55)40-15-13-33(24-42(40)75-30)49(71)66-22-6-9-32(28-66)8-4-7-31-12-14-34-36(23-31)51(73)68(50(34)72)41-16-17-44(69)64-48(41)70/h5,10-15,23-26,30,32,41,45,47,63,65H,6,8-9,16-22,27-29H2,1-3H3,(H,64,69,70)/t30-,32-,41+,45+,47-,55-/m1/s1. The van der Waals surface area contributed by atoms with Gasteiger partial charge in [-0.05, 0) is 117 Å². The smallest absolute Gasteiger partial charge is 0.433 e. The molecule has 390 valence electrons. The predicted octanol–water partition coefficient (Wildman–Crippen LogP) is 8.16. The van der Waals surface area contributed by atoms with E-state index < -0.39 is 82.3 Å². The molecule has 3 aromatic carbocycles. The number of pyridine rings is 1. The van der Waals surface area contributed by atoms with Crippen LogP contribution in [0.4, 0.5) is 28.9 Å². The summed E-state index contributed by atoms with van der Waals surface area (Å²) in [5, 5.41) is 9.08. The highest BCUT2D eigenvalue weighted by molar-refractivity contribution is 6.30. The number of aromatic nitrogens is 1. The number of benzene rings is 3. The van der Waals surface area contributed by atoms with Gasteiger partial charge in [0, 0.05) is 77.9 Å². The topological polar surface area (TPSA) is 170 Å². The van der Waals surface area contributed by atoms with E-state index in [9.17, 15) is 37.1 Å². The van der Waals surface area contributed by atoms with Gasteiger partial charge in [-0.1, -0.05) is 49.4 Å². The van der Waals surface area contributed by atoms with Gasteiger partial charge in [-0.15, -0.1) is 0 Å². The molecule has 1 aromatic heterocycles. The van der Waals surface area contributed by atoms with Crippen LogP contribution in [-0.2, 0) is 26.0 Å². The highest BCUT2D eigenvalue weighted by Gasteiger charge is 2.69. The first-order valence-corrected chi connectivity index (χ1v) is 25.9. The van der Waals surface area contributed by atoms with Gasteiger partial charge in [0.05, 0.1) is 34.4 Å². The summed E-state index contributed by atoms with van der Waals surface area (Å²) in [7, 11) is 0. The highest BCUT2D eigenvalue weighted by Crippen LogP contribution is 2.64. The summed E-state index contributed by atoms with van der Waals surface area (Å²) in [6.07, 6.45) is 0.626. The largest absolute Gasteiger partial charge is 0.487 e. The van der Waals surface area contributed by atoms with Crippen molar-refractivity contribution in [3.63, 3.8) is 0 Å². The van der Waals surface area contributed by atoms with Crippen LogP contribution in [0, 0.1) is 29.0 Å². The Morgan fingerprint density at radius 2 is 1.72 bits per heavy atom. The number of imide groups is 2. The molecule has 2 spiro atoms. The van der Waals surface area contributed by atoms with E-state index in [1.807, 2.05) is 6.92 Å². The Labute approximate surface area is 435 Å². The number of ether oxygens (including phenoxy) is 1. The lowest BCUT2D eigenvalue weighted by atomic mass is 9.54. The van der Waals surface area contributed by atoms with E-state index in [1.54, 1.807) is 46.2 Å². The number of carbonyl (C=O) groups is 6. The fourth-order valence-electron chi connectivity index (χ4n) is 13.0. The lowest BCUT2D eigenvalue weighted by molar-refractivity contribution is -0.141. The van der Waals surface area contributed by atoms with Crippen LogP contribution in [-0.4, -0.2) is 100 Å². The average molecular weight is 1050 g/mol. The molecule has 0 radical (unpaired) electrons. The fraction of sp³-hybridized carbons (Fsp3) is 0.446. The summed E-state index contributed by atoms with van der Waals surface area (Å²) in [5.74, 6) is 1.97. The van der Waals surface area contributed by atoms with Crippen molar-refractivity contribution in [2.75, 3.05) is 36.4 Å². The van der Waals surface area contributed by atoms with Crippen molar-refractivity contribution in [1.29, 1.82) is 0 Å². The minimum atomic E-state index is -4.71. The Bertz CT molecular complexity index is 3180. The molecule has 4 aromatic rings. The Morgan fingerprint density at radius 1 is 0.947 bits per heavy atom. The van der Waals surface area contributed by atoms with Gasteiger partial charge in [0.2, 0.25) is 17.7 Å². The van der Waals surface area contributed by atoms with Gasteiger partial charge in [-0.3, -0.25) is 49.3 Å². The van der Waals surface area contributed by atoms with E-state index in [2.05, 4.69) is 46.6 Å². The molecular weight excluding hydrogens is 994 g/mol. The Hall–Kier alpha value is -6.84. The molecule has 3 N–H and O–H groups in total. The number of nitrogens with one attached hydrogen (secondary N) is 3. The highest BCUT2D eigenvalue weighted by atomic mass is 35.5. The maximum absolute atomic E-state index is 16.7. The number of rotatable bonds is 5. The van der Waals surface area contributed by atoms with E-state index in [4.69, 9.17) is 16.3 Å². The van der Waals surface area contributed by atoms with Gasteiger partial charge in [-0.2, -0.15) is 13.2 Å². The second-order valence-corrected chi connectivity index (χ2v) is 22.4. The minimum Gasteiger partial charge on any atom is -0.487 e. The fourth-order valence-corrected chi connectivity index (χ4v) is 13.2. The number of halogens is 5. The van der Waals surface area contributed by atoms with Crippen LogP contribution in [0.15, 0.2) is 66.9 Å². The zero-order valence-corrected chi connectivity index (χ0v) is 42.2. The number of piperidine rings is 2. The molecule has 1 aliphatic carbocycles. The maximum atomic E-state index is 16.7. The summed E-state index contributed by atoms with van der Waals surface area (Å²) < 4.78 is 65.4. The molecule has 6 atom stereocenters. The lowest BCUT2D eigenvalue weighted by Crippen LogP contribution is -2.60. The van der Waals surface area contributed by atoms with Crippen LogP contribution >= 0.6 is 11.6 Å². The summed E-state index contributed by atoms with van der Waals surface area (Å²) in [6.45, 7) is 7.30. The summed E-state index contributed by atoms with van der Waals surface area (Å²) >= 11 is 6.51. The van der Waals surface area contributed by atoms with Crippen molar-refractivity contribution < 1.29 is 51.1 Å². The van der Waals surface area contributed by atoms with Gasteiger partial charge >= 0.3 is 6.18 Å². The van der Waals surface area contributed by atoms with Crippen molar-refractivity contribution in [3.8, 4) is 17.6 Å². The SMILES string of the molecule is C[C@@H]1CN(C(=O)[C@@H]2NC3(CCC(C)(C)CC3)[C@@]3(CNc4cc(C(F)(F)F)ncc43)[C@H]2c2cccc(Cl)c2F)c2ccc(C(=O)N3CCC[C@@H](CC#Cc4ccc5c(c4)C(=O)N([C@H]4CCC(=O)NC4=O)C5=O)C3)cc2O1. The second-order valence-electron chi connectivity index (χ2n) is 22.0. The van der Waals surface area contributed by atoms with E-state index in [1.165, 1.54) is 24.4 Å². The Balaban J connectivity index is 0.842. The molecule has 3 saturated heterocycles. The lowest BCUT2D eigenvalue weighted by Gasteiger charge is -2.51. The van der Waals surface area contributed by atoms with E-state index in [0.717, 1.165) is 36.6 Å². The van der Waals surface area contributed by atoms with Crippen molar-refractivity contribution >= 4 is 58.4 Å². The van der Waals surface area contributed by atoms with Gasteiger partial charge < -0.3 is 19.9 Å². The van der Waals surface area contributed by atoms with Crippen LogP contribution in [0.1, 0.15) is 138 Å². The average Bonchev–Trinajstić information content (AvgIpc) is 4.20. The van der Waals surface area contributed by atoms with Gasteiger partial charge in [0.15, 0.2) is 0 Å². The van der Waals surface area contributed by atoms with E-state index >= 15 is 9.18 Å². The molecule has 19 heteroatoms. The maximum Gasteiger partial charge on any atom is 0.433 e. The number of fused-ring (bicyclic) bond motifs is 5. The second kappa shape index (κ2) is 18.5. The molecule has 6 amide bonds. The van der Waals surface area contributed by atoms with Crippen molar-refractivity contribution in [2.24, 2.45) is 11.3 Å². The Kier molecular flexibility index (Phi) is 12.4. The zero-order chi connectivity index (χ0) is 52.9. The van der Waals surface area contributed by atoms with Crippen molar-refractivity contribution in [1.82, 2.24) is 25.4 Å². The number of likely N-dealkylation sites (tertiary alicyclic amines) is 1. The molecule has 6 aliphatic heterocycles. The zero-order valence-electron chi connectivity index (χ0n) is 41.5. The van der Waals surface area contributed by atoms with Crippen LogP contribution < -0.4 is 25.6 Å². The first-order chi connectivity index (χ1) is 35.7. The van der Waals surface area contributed by atoms with Crippen molar-refractivity contribution in [3.05, 3.63) is 117 Å². The summed E-state index contributed by atoms with van der Waals surface area (Å²) in [5.41, 5.74) is -0.718. The van der Waals surface area contributed by atoms with Gasteiger partial charge in [0.1, 0.15) is 29.4 Å². The molecule has 7 heterocycles. The van der Waals surface area contributed by atoms with Gasteiger partial charge in [0.25, 0.3) is 17.7 Å². The van der Waals surface area contributed by atoms with Crippen LogP contribution in [0.5, 0.6) is 5.75 Å². The van der Waals surface area contributed by atoms with E-state index in [0.29, 0.717) is 60.5 Å². The number of alkyl halides is 3. The number of amides is 6. The molecule has 0 bridgehead atoms. The van der Waals surface area contributed by atoms with E-state index in [-0.39, 0.29) is 70.6 Å². The number of nitrogens with zero attached hydrogens (tertiary/aromatic N) is 4. The first kappa shape index (κ1) is 50.3. The number of hydrogen-bond acceptors (Lipinski definition) is 10. The van der Waals surface area contributed by atoms with Crippen molar-refractivity contribution in [2.45, 2.75) is 120 Å². The third-order valence-corrected chi connectivity index (χ3v) is 17.1. The predicted molar refractivity (Wildman–Crippen MR) is 268 cm³/mol. The third kappa shape index (κ3) is 8.50. The molecule has 1 saturated carbocycles. The third-order valence-electron chi connectivity index (χ3n) is 16.8. The van der Waals surface area contributed by atoms with Gasteiger partial charge in [-0.25, -0.2) is 4.39 Å². The molecular formula is C56H54ClF4N7O7.